The van der Waals surface area contributed by atoms with E-state index in [2.05, 4.69) is 29.6 Å². The van der Waals surface area contributed by atoms with Gasteiger partial charge in [0.05, 0.1) is 6.54 Å². The van der Waals surface area contributed by atoms with Gasteiger partial charge >= 0.3 is 0 Å². The Morgan fingerprint density at radius 1 is 0.905 bits per heavy atom. The zero-order valence-electron chi connectivity index (χ0n) is 12.5. The van der Waals surface area contributed by atoms with Gasteiger partial charge in [-0.15, -0.1) is 0 Å². The molecule has 0 radical (unpaired) electrons. The first-order valence-corrected chi connectivity index (χ1v) is 6.95. The Morgan fingerprint density at radius 3 is 1.81 bits per heavy atom. The van der Waals surface area contributed by atoms with Crippen LogP contribution in [-0.2, 0) is 9.47 Å². The second-order valence-corrected chi connectivity index (χ2v) is 4.60. The molecule has 0 bridgehead atoms. The van der Waals surface area contributed by atoms with Crippen LogP contribution in [0.3, 0.4) is 0 Å². The summed E-state index contributed by atoms with van der Waals surface area (Å²) >= 11 is 0. The number of hydrogen-bond acceptors (Lipinski definition) is 3. The molecular weight excluding hydrogens is 262 g/mol. The normalized spacial score (nSPS) is 10.4. The number of ether oxygens (including phenoxy) is 2. The van der Waals surface area contributed by atoms with E-state index < -0.39 is 0 Å². The zero-order valence-corrected chi connectivity index (χ0v) is 12.5. The standard InChI is InChI=1S/C18H21NO2/c1-20-18(21-2)14-19-13-17(15-9-5-3-6-10-15)16-11-7-4-8-12-16/h3-13,18-19H,14H2,1-2H3. The highest BCUT2D eigenvalue weighted by Crippen LogP contribution is 2.22. The van der Waals surface area contributed by atoms with Crippen molar-refractivity contribution in [2.45, 2.75) is 6.29 Å². The molecule has 0 spiro atoms. The van der Waals surface area contributed by atoms with Gasteiger partial charge in [0.1, 0.15) is 0 Å². The predicted octanol–water partition coefficient (Wildman–Crippen LogP) is 3.28. The summed E-state index contributed by atoms with van der Waals surface area (Å²) in [5, 5.41) is 3.27. The highest BCUT2D eigenvalue weighted by molar-refractivity contribution is 5.79. The fourth-order valence-corrected chi connectivity index (χ4v) is 2.09. The third kappa shape index (κ3) is 4.45. The monoisotopic (exact) mass is 283 g/mol. The summed E-state index contributed by atoms with van der Waals surface area (Å²) < 4.78 is 10.4. The molecule has 0 heterocycles. The molecule has 0 amide bonds. The molecule has 0 saturated heterocycles. The molecule has 0 aliphatic carbocycles. The van der Waals surface area contributed by atoms with Crippen LogP contribution < -0.4 is 5.32 Å². The van der Waals surface area contributed by atoms with Crippen LogP contribution in [0.25, 0.3) is 5.57 Å². The van der Waals surface area contributed by atoms with Gasteiger partial charge in [0.2, 0.25) is 0 Å². The number of rotatable bonds is 7. The average Bonchev–Trinajstić information content (AvgIpc) is 2.57. The van der Waals surface area contributed by atoms with Gasteiger partial charge in [-0.1, -0.05) is 60.7 Å². The van der Waals surface area contributed by atoms with E-state index in [0.717, 1.165) is 5.57 Å². The first-order valence-electron chi connectivity index (χ1n) is 6.95. The highest BCUT2D eigenvalue weighted by Gasteiger charge is 2.06. The van der Waals surface area contributed by atoms with Gasteiger partial charge < -0.3 is 14.8 Å². The molecule has 0 saturated carbocycles. The number of benzene rings is 2. The van der Waals surface area contributed by atoms with E-state index >= 15 is 0 Å². The molecule has 1 N–H and O–H groups in total. The molecule has 2 aromatic rings. The third-order valence-electron chi connectivity index (χ3n) is 3.23. The molecule has 0 aromatic heterocycles. The molecule has 0 aliphatic heterocycles. The Bertz CT molecular complexity index is 506. The summed E-state index contributed by atoms with van der Waals surface area (Å²) in [6, 6.07) is 20.6. The van der Waals surface area contributed by atoms with E-state index in [4.69, 9.17) is 9.47 Å². The van der Waals surface area contributed by atoms with Crippen LogP contribution in [0.5, 0.6) is 0 Å². The molecule has 0 fully saturated rings. The van der Waals surface area contributed by atoms with Crippen molar-refractivity contribution < 1.29 is 9.47 Å². The van der Waals surface area contributed by atoms with E-state index in [1.165, 1.54) is 11.1 Å². The van der Waals surface area contributed by atoms with Crippen molar-refractivity contribution in [3.8, 4) is 0 Å². The van der Waals surface area contributed by atoms with Crippen LogP contribution in [0, 0.1) is 0 Å². The molecule has 0 atom stereocenters. The summed E-state index contributed by atoms with van der Waals surface area (Å²) in [5.74, 6) is 0. The molecule has 3 heteroatoms. The van der Waals surface area contributed by atoms with Gasteiger partial charge in [0.25, 0.3) is 0 Å². The maximum Gasteiger partial charge on any atom is 0.173 e. The SMILES string of the molecule is COC(CNC=C(c1ccccc1)c1ccccc1)OC. The quantitative estimate of drug-likeness (QED) is 0.791. The van der Waals surface area contributed by atoms with Crippen molar-refractivity contribution in [3.63, 3.8) is 0 Å². The van der Waals surface area contributed by atoms with Crippen LogP contribution in [-0.4, -0.2) is 27.1 Å². The van der Waals surface area contributed by atoms with Gasteiger partial charge in [-0.25, -0.2) is 0 Å². The van der Waals surface area contributed by atoms with Crippen molar-refractivity contribution in [1.29, 1.82) is 0 Å². The lowest BCUT2D eigenvalue weighted by Crippen LogP contribution is -2.26. The molecule has 2 rings (SSSR count). The van der Waals surface area contributed by atoms with Gasteiger partial charge in [0, 0.05) is 26.0 Å². The molecule has 110 valence electrons. The largest absolute Gasteiger partial charge is 0.385 e. The minimum absolute atomic E-state index is 0.256. The van der Waals surface area contributed by atoms with Crippen LogP contribution in [0.4, 0.5) is 0 Å². The lowest BCUT2D eigenvalue weighted by Gasteiger charge is -2.14. The number of methoxy groups -OCH3 is 2. The maximum atomic E-state index is 5.18. The Kier molecular flexibility index (Phi) is 6.00. The van der Waals surface area contributed by atoms with Crippen molar-refractivity contribution in [2.75, 3.05) is 20.8 Å². The summed E-state index contributed by atoms with van der Waals surface area (Å²) in [7, 11) is 3.27. The van der Waals surface area contributed by atoms with Gasteiger partial charge in [-0.3, -0.25) is 0 Å². The Labute approximate surface area is 126 Å². The van der Waals surface area contributed by atoms with E-state index in [0.29, 0.717) is 6.54 Å². The molecule has 21 heavy (non-hydrogen) atoms. The Morgan fingerprint density at radius 2 is 1.38 bits per heavy atom. The zero-order chi connectivity index (χ0) is 14.9. The summed E-state index contributed by atoms with van der Waals surface area (Å²) in [5.41, 5.74) is 3.48. The molecule has 3 nitrogen and oxygen atoms in total. The van der Waals surface area contributed by atoms with E-state index in [1.54, 1.807) is 14.2 Å². The third-order valence-corrected chi connectivity index (χ3v) is 3.23. The van der Waals surface area contributed by atoms with Gasteiger partial charge in [0.15, 0.2) is 6.29 Å². The van der Waals surface area contributed by atoms with Crippen molar-refractivity contribution in [1.82, 2.24) is 5.32 Å². The number of hydrogen-bond donors (Lipinski definition) is 1. The van der Waals surface area contributed by atoms with Gasteiger partial charge in [-0.05, 0) is 11.1 Å². The van der Waals surface area contributed by atoms with E-state index in [1.807, 2.05) is 42.6 Å². The molecule has 0 unspecified atom stereocenters. The average molecular weight is 283 g/mol. The second-order valence-electron chi connectivity index (χ2n) is 4.60. The first kappa shape index (κ1) is 15.3. The summed E-state index contributed by atoms with van der Waals surface area (Å²) in [4.78, 5) is 0. The van der Waals surface area contributed by atoms with Crippen LogP contribution in [0.15, 0.2) is 66.9 Å². The summed E-state index contributed by atoms with van der Waals surface area (Å²) in [6.07, 6.45) is 1.75. The predicted molar refractivity (Wildman–Crippen MR) is 85.8 cm³/mol. The minimum Gasteiger partial charge on any atom is -0.385 e. The minimum atomic E-state index is -0.256. The van der Waals surface area contributed by atoms with Crippen LogP contribution >= 0.6 is 0 Å². The fourth-order valence-electron chi connectivity index (χ4n) is 2.09. The molecule has 0 aliphatic rings. The number of nitrogens with one attached hydrogen (secondary N) is 1. The van der Waals surface area contributed by atoms with Crippen molar-refractivity contribution in [3.05, 3.63) is 78.0 Å². The van der Waals surface area contributed by atoms with Crippen LogP contribution in [0.2, 0.25) is 0 Å². The van der Waals surface area contributed by atoms with Crippen molar-refractivity contribution >= 4 is 5.57 Å². The smallest absolute Gasteiger partial charge is 0.173 e. The first-order chi connectivity index (χ1) is 10.3. The van der Waals surface area contributed by atoms with Crippen LogP contribution in [0.1, 0.15) is 11.1 Å². The van der Waals surface area contributed by atoms with E-state index in [-0.39, 0.29) is 6.29 Å². The van der Waals surface area contributed by atoms with E-state index in [9.17, 15) is 0 Å². The Hall–Kier alpha value is -2.10. The highest BCUT2D eigenvalue weighted by atomic mass is 16.7. The topological polar surface area (TPSA) is 30.5 Å². The fraction of sp³-hybridized carbons (Fsp3) is 0.222. The van der Waals surface area contributed by atoms with Crippen molar-refractivity contribution in [2.24, 2.45) is 0 Å². The summed E-state index contributed by atoms with van der Waals surface area (Å²) in [6.45, 7) is 0.593. The van der Waals surface area contributed by atoms with Gasteiger partial charge in [-0.2, -0.15) is 0 Å². The Balaban J connectivity index is 2.21. The molecular formula is C18H21NO2. The second kappa shape index (κ2) is 8.25. The molecule has 2 aromatic carbocycles. The lowest BCUT2D eigenvalue weighted by atomic mass is 9.99. The maximum absolute atomic E-state index is 5.18. The lowest BCUT2D eigenvalue weighted by molar-refractivity contribution is -0.0971.